The number of amides is 2. The summed E-state index contributed by atoms with van der Waals surface area (Å²) >= 11 is 0. The Labute approximate surface area is 126 Å². The summed E-state index contributed by atoms with van der Waals surface area (Å²) in [7, 11) is 1.31. The molecule has 21 heavy (non-hydrogen) atoms. The number of nitrogens with zero attached hydrogens (tertiary/aromatic N) is 1. The van der Waals surface area contributed by atoms with E-state index in [0.29, 0.717) is 19.4 Å². The summed E-state index contributed by atoms with van der Waals surface area (Å²) in [5, 5.41) is 2.68. The largest absolute Gasteiger partial charge is 0.467 e. The van der Waals surface area contributed by atoms with Crippen LogP contribution in [0.3, 0.4) is 0 Å². The molecule has 1 rings (SSSR count). The van der Waals surface area contributed by atoms with Crippen molar-refractivity contribution in [1.29, 1.82) is 0 Å². The number of ether oxygens (including phenoxy) is 1. The number of carbonyl (C=O) groups is 3. The van der Waals surface area contributed by atoms with Crippen LogP contribution in [0.2, 0.25) is 0 Å². The Morgan fingerprint density at radius 1 is 1.29 bits per heavy atom. The highest BCUT2D eigenvalue weighted by atomic mass is 16.5. The molecule has 120 valence electrons. The van der Waals surface area contributed by atoms with E-state index in [-0.39, 0.29) is 24.3 Å². The molecular weight excluding hydrogens is 272 g/mol. The average Bonchev–Trinajstić information content (AvgIpc) is 2.62. The molecular formula is C15H26N2O4. The lowest BCUT2D eigenvalue weighted by molar-refractivity contribution is -0.146. The summed E-state index contributed by atoms with van der Waals surface area (Å²) < 4.78 is 4.71. The highest BCUT2D eigenvalue weighted by Crippen LogP contribution is 2.11. The van der Waals surface area contributed by atoms with E-state index in [1.807, 2.05) is 13.8 Å². The third-order valence-electron chi connectivity index (χ3n) is 3.53. The predicted molar refractivity (Wildman–Crippen MR) is 78.4 cm³/mol. The van der Waals surface area contributed by atoms with E-state index in [2.05, 4.69) is 5.32 Å². The van der Waals surface area contributed by atoms with Gasteiger partial charge in [0.15, 0.2) is 0 Å². The molecule has 0 aromatic carbocycles. The van der Waals surface area contributed by atoms with Crippen LogP contribution in [-0.2, 0) is 19.1 Å². The van der Waals surface area contributed by atoms with E-state index < -0.39 is 12.0 Å². The van der Waals surface area contributed by atoms with Crippen molar-refractivity contribution in [2.24, 2.45) is 5.92 Å². The first-order valence-corrected chi connectivity index (χ1v) is 7.59. The van der Waals surface area contributed by atoms with Gasteiger partial charge in [-0.3, -0.25) is 9.59 Å². The van der Waals surface area contributed by atoms with Gasteiger partial charge >= 0.3 is 5.97 Å². The lowest BCUT2D eigenvalue weighted by atomic mass is 10.0. The van der Waals surface area contributed by atoms with E-state index in [4.69, 9.17) is 4.74 Å². The van der Waals surface area contributed by atoms with Crippen molar-refractivity contribution in [3.8, 4) is 0 Å². The maximum Gasteiger partial charge on any atom is 0.328 e. The van der Waals surface area contributed by atoms with Gasteiger partial charge < -0.3 is 15.0 Å². The lowest BCUT2D eigenvalue weighted by Gasteiger charge is -2.23. The molecule has 1 fully saturated rings. The van der Waals surface area contributed by atoms with Crippen molar-refractivity contribution in [3.05, 3.63) is 0 Å². The molecule has 6 heteroatoms. The van der Waals surface area contributed by atoms with E-state index in [9.17, 15) is 14.4 Å². The van der Waals surface area contributed by atoms with E-state index >= 15 is 0 Å². The molecule has 1 atom stereocenters. The molecule has 1 saturated heterocycles. The third-order valence-corrected chi connectivity index (χ3v) is 3.53. The Kier molecular flexibility index (Phi) is 7.19. The van der Waals surface area contributed by atoms with Gasteiger partial charge in [-0.25, -0.2) is 4.79 Å². The molecule has 1 heterocycles. The molecule has 2 amide bonds. The Morgan fingerprint density at radius 2 is 2.00 bits per heavy atom. The predicted octanol–water partition coefficient (Wildman–Crippen LogP) is 1.09. The van der Waals surface area contributed by atoms with Crippen LogP contribution in [0.5, 0.6) is 0 Å². The maximum atomic E-state index is 12.1. The topological polar surface area (TPSA) is 75.7 Å². The van der Waals surface area contributed by atoms with Crippen LogP contribution in [0.15, 0.2) is 0 Å². The highest BCUT2D eigenvalue weighted by molar-refractivity contribution is 5.88. The second kappa shape index (κ2) is 8.64. The first kappa shape index (κ1) is 17.5. The molecule has 1 aliphatic heterocycles. The van der Waals surface area contributed by atoms with Gasteiger partial charge in [-0.15, -0.1) is 0 Å². The number of esters is 1. The first-order valence-electron chi connectivity index (χ1n) is 7.59. The fourth-order valence-corrected chi connectivity index (χ4v) is 2.45. The lowest BCUT2D eigenvalue weighted by Crippen LogP contribution is -2.47. The molecule has 0 aromatic heterocycles. The fourth-order valence-electron chi connectivity index (χ4n) is 2.45. The minimum absolute atomic E-state index is 0.0149. The number of hydrogen-bond acceptors (Lipinski definition) is 4. The van der Waals surface area contributed by atoms with Crippen LogP contribution in [0, 0.1) is 5.92 Å². The monoisotopic (exact) mass is 298 g/mol. The molecule has 0 radical (unpaired) electrons. The van der Waals surface area contributed by atoms with Gasteiger partial charge in [0.05, 0.1) is 13.7 Å². The summed E-state index contributed by atoms with van der Waals surface area (Å²) in [6, 6.07) is -0.649. The Bertz CT molecular complexity index is 382. The number of rotatable bonds is 6. The van der Waals surface area contributed by atoms with Gasteiger partial charge in [0.25, 0.3) is 0 Å². The summed E-state index contributed by atoms with van der Waals surface area (Å²) in [5.74, 6) is -0.476. The molecule has 0 bridgehead atoms. The first-order chi connectivity index (χ1) is 9.93. The van der Waals surface area contributed by atoms with Crippen molar-refractivity contribution in [3.63, 3.8) is 0 Å². The standard InChI is InChI=1S/C15H26N2O4/c1-11(2)9-12(15(20)21-3)16-13(18)10-17-8-6-4-5-7-14(17)19/h11-12H,4-10H2,1-3H3,(H,16,18). The molecule has 0 aliphatic carbocycles. The summed E-state index contributed by atoms with van der Waals surface area (Å²) in [4.78, 5) is 37.2. The third kappa shape index (κ3) is 6.14. The van der Waals surface area contributed by atoms with Crippen LogP contribution in [0.25, 0.3) is 0 Å². The summed E-state index contributed by atoms with van der Waals surface area (Å²) in [6.07, 6.45) is 3.84. The van der Waals surface area contributed by atoms with Crippen molar-refractivity contribution >= 4 is 17.8 Å². The van der Waals surface area contributed by atoms with Gasteiger partial charge in [0.1, 0.15) is 6.04 Å². The molecule has 6 nitrogen and oxygen atoms in total. The second-order valence-corrected chi connectivity index (χ2v) is 5.90. The van der Waals surface area contributed by atoms with Crippen molar-refractivity contribution in [2.75, 3.05) is 20.2 Å². The zero-order valence-electron chi connectivity index (χ0n) is 13.2. The van der Waals surface area contributed by atoms with Crippen molar-refractivity contribution in [2.45, 2.75) is 52.0 Å². The molecule has 1 aliphatic rings. The Balaban J connectivity index is 2.56. The quantitative estimate of drug-likeness (QED) is 0.745. The molecule has 0 saturated carbocycles. The summed E-state index contributed by atoms with van der Waals surface area (Å²) in [6.45, 7) is 4.57. The fraction of sp³-hybridized carbons (Fsp3) is 0.800. The number of hydrogen-bond donors (Lipinski definition) is 1. The summed E-state index contributed by atoms with van der Waals surface area (Å²) in [5.41, 5.74) is 0. The van der Waals surface area contributed by atoms with Gasteiger partial charge in [0, 0.05) is 13.0 Å². The normalized spacial score (nSPS) is 17.3. The Hall–Kier alpha value is -1.59. The van der Waals surface area contributed by atoms with E-state index in [0.717, 1.165) is 19.3 Å². The second-order valence-electron chi connectivity index (χ2n) is 5.90. The van der Waals surface area contributed by atoms with Gasteiger partial charge in [-0.2, -0.15) is 0 Å². The van der Waals surface area contributed by atoms with Crippen LogP contribution in [0.4, 0.5) is 0 Å². The zero-order chi connectivity index (χ0) is 15.8. The smallest absolute Gasteiger partial charge is 0.328 e. The minimum atomic E-state index is -0.649. The number of nitrogens with one attached hydrogen (secondary N) is 1. The molecule has 1 unspecified atom stereocenters. The maximum absolute atomic E-state index is 12.1. The number of likely N-dealkylation sites (tertiary alicyclic amines) is 1. The SMILES string of the molecule is COC(=O)C(CC(C)C)NC(=O)CN1CCCCCC1=O. The van der Waals surface area contributed by atoms with Gasteiger partial charge in [-0.1, -0.05) is 20.3 Å². The molecule has 0 spiro atoms. The zero-order valence-corrected chi connectivity index (χ0v) is 13.2. The van der Waals surface area contributed by atoms with Crippen molar-refractivity contribution < 1.29 is 19.1 Å². The number of methoxy groups -OCH3 is 1. The van der Waals surface area contributed by atoms with Crippen LogP contribution in [0.1, 0.15) is 46.0 Å². The Morgan fingerprint density at radius 3 is 2.62 bits per heavy atom. The molecule has 0 aromatic rings. The van der Waals surface area contributed by atoms with Gasteiger partial charge in [-0.05, 0) is 25.2 Å². The highest BCUT2D eigenvalue weighted by Gasteiger charge is 2.25. The van der Waals surface area contributed by atoms with E-state index in [1.165, 1.54) is 7.11 Å². The molecule has 1 N–H and O–H groups in total. The van der Waals surface area contributed by atoms with Crippen LogP contribution in [-0.4, -0.2) is 48.9 Å². The minimum Gasteiger partial charge on any atom is -0.467 e. The van der Waals surface area contributed by atoms with Crippen LogP contribution >= 0.6 is 0 Å². The van der Waals surface area contributed by atoms with Crippen LogP contribution < -0.4 is 5.32 Å². The van der Waals surface area contributed by atoms with Crippen molar-refractivity contribution in [1.82, 2.24) is 10.2 Å². The number of carbonyl (C=O) groups excluding carboxylic acids is 3. The van der Waals surface area contributed by atoms with E-state index in [1.54, 1.807) is 4.90 Å². The average molecular weight is 298 g/mol. The van der Waals surface area contributed by atoms with Gasteiger partial charge in [0.2, 0.25) is 11.8 Å².